The highest BCUT2D eigenvalue weighted by Gasteiger charge is 2.18. The van der Waals surface area contributed by atoms with Crippen LogP contribution in [0.4, 0.5) is 0 Å². The first-order valence-electron chi connectivity index (χ1n) is 9.23. The van der Waals surface area contributed by atoms with E-state index < -0.39 is 12.0 Å². The molecule has 0 spiro atoms. The molecule has 1 heterocycles. The van der Waals surface area contributed by atoms with Gasteiger partial charge in [0.15, 0.2) is 0 Å². The third kappa shape index (κ3) is 6.17. The fourth-order valence-electron chi connectivity index (χ4n) is 2.74. The molecule has 3 aromatic rings. The Hall–Kier alpha value is -3.67. The number of nitrogens with zero attached hydrogens (tertiary/aromatic N) is 1. The van der Waals surface area contributed by atoms with Crippen molar-refractivity contribution in [2.75, 3.05) is 0 Å². The van der Waals surface area contributed by atoms with Gasteiger partial charge in [0.05, 0.1) is 12.5 Å². The van der Waals surface area contributed by atoms with E-state index in [0.29, 0.717) is 17.4 Å². The molecule has 0 aliphatic carbocycles. The molecule has 6 nitrogen and oxygen atoms in total. The molecule has 148 valence electrons. The predicted molar refractivity (Wildman–Crippen MR) is 109 cm³/mol. The van der Waals surface area contributed by atoms with Crippen molar-refractivity contribution in [2.45, 2.75) is 26.3 Å². The highest BCUT2D eigenvalue weighted by Crippen LogP contribution is 2.24. The zero-order valence-corrected chi connectivity index (χ0v) is 16.3. The van der Waals surface area contributed by atoms with Gasteiger partial charge < -0.3 is 14.8 Å². The fourth-order valence-corrected chi connectivity index (χ4v) is 2.74. The Morgan fingerprint density at radius 1 is 0.966 bits per heavy atom. The molecular formula is C23H22N2O4. The second kappa shape index (κ2) is 9.50. The topological polar surface area (TPSA) is 77.5 Å². The number of benzene rings is 2. The van der Waals surface area contributed by atoms with Crippen molar-refractivity contribution in [3.8, 4) is 17.4 Å². The lowest BCUT2D eigenvalue weighted by Crippen LogP contribution is -2.29. The zero-order chi connectivity index (χ0) is 20.6. The number of carbonyl (C=O) groups excluding carboxylic acids is 2. The third-order valence-electron chi connectivity index (χ3n) is 4.14. The zero-order valence-electron chi connectivity index (χ0n) is 16.3. The van der Waals surface area contributed by atoms with E-state index in [1.807, 2.05) is 37.3 Å². The predicted octanol–water partition coefficient (Wildman–Crippen LogP) is 4.36. The lowest BCUT2D eigenvalue weighted by Gasteiger charge is -2.18. The average Bonchev–Trinajstić information content (AvgIpc) is 2.70. The Labute approximate surface area is 169 Å². The van der Waals surface area contributed by atoms with Crippen molar-refractivity contribution < 1.29 is 19.1 Å². The Kier molecular flexibility index (Phi) is 6.58. The molecule has 0 bridgehead atoms. The van der Waals surface area contributed by atoms with Gasteiger partial charge in [0.1, 0.15) is 11.5 Å². The number of nitrogens with one attached hydrogen (secondary N) is 1. The van der Waals surface area contributed by atoms with Crippen LogP contribution in [0.1, 0.15) is 30.5 Å². The number of hydrogen-bond donors (Lipinski definition) is 1. The normalized spacial score (nSPS) is 11.4. The van der Waals surface area contributed by atoms with Crippen LogP contribution in [0.5, 0.6) is 17.4 Å². The van der Waals surface area contributed by atoms with Gasteiger partial charge in [-0.3, -0.25) is 9.59 Å². The van der Waals surface area contributed by atoms with Crippen LogP contribution in [0.2, 0.25) is 0 Å². The lowest BCUT2D eigenvalue weighted by molar-refractivity contribution is -0.135. The number of hydrogen-bond acceptors (Lipinski definition) is 5. The molecule has 1 unspecified atom stereocenters. The number of ether oxygens (including phenoxy) is 2. The number of aryl methyl sites for hydroxylation is 1. The molecule has 6 heteroatoms. The lowest BCUT2D eigenvalue weighted by atomic mass is 10.0. The first-order valence-corrected chi connectivity index (χ1v) is 9.23. The maximum atomic E-state index is 12.4. The van der Waals surface area contributed by atoms with Crippen molar-refractivity contribution in [3.05, 3.63) is 84.1 Å². The molecule has 1 aromatic heterocycles. The summed E-state index contributed by atoms with van der Waals surface area (Å²) in [7, 11) is 0. The van der Waals surface area contributed by atoms with Crippen LogP contribution in [-0.4, -0.2) is 16.9 Å². The molecule has 0 aliphatic rings. The quantitative estimate of drug-likeness (QED) is 0.479. The summed E-state index contributed by atoms with van der Waals surface area (Å²) in [6.45, 7) is 3.40. The van der Waals surface area contributed by atoms with Crippen molar-refractivity contribution in [1.29, 1.82) is 0 Å². The smallest absolute Gasteiger partial charge is 0.313 e. The minimum absolute atomic E-state index is 0.0226. The summed E-state index contributed by atoms with van der Waals surface area (Å²) >= 11 is 0. The Balaban J connectivity index is 1.62. The van der Waals surface area contributed by atoms with Gasteiger partial charge in [0.2, 0.25) is 11.8 Å². The van der Waals surface area contributed by atoms with E-state index in [2.05, 4.69) is 10.3 Å². The SMILES string of the molecule is CC(=O)NC(CC(=O)Oc1ccc(Oc2ccccn2)cc1)c1ccc(C)cc1. The molecular weight excluding hydrogens is 368 g/mol. The highest BCUT2D eigenvalue weighted by molar-refractivity contribution is 5.77. The Morgan fingerprint density at radius 2 is 1.66 bits per heavy atom. The van der Waals surface area contributed by atoms with E-state index in [9.17, 15) is 9.59 Å². The van der Waals surface area contributed by atoms with E-state index in [4.69, 9.17) is 9.47 Å². The van der Waals surface area contributed by atoms with Crippen LogP contribution in [0, 0.1) is 6.92 Å². The van der Waals surface area contributed by atoms with Crippen molar-refractivity contribution >= 4 is 11.9 Å². The Bertz CT molecular complexity index is 954. The molecule has 29 heavy (non-hydrogen) atoms. The molecule has 0 saturated heterocycles. The molecule has 0 radical (unpaired) electrons. The maximum Gasteiger partial charge on any atom is 0.313 e. The van der Waals surface area contributed by atoms with Gasteiger partial charge in [-0.05, 0) is 42.8 Å². The van der Waals surface area contributed by atoms with Crippen molar-refractivity contribution in [1.82, 2.24) is 10.3 Å². The first kappa shape index (κ1) is 20.1. The molecule has 0 aliphatic heterocycles. The number of aromatic nitrogens is 1. The summed E-state index contributed by atoms with van der Waals surface area (Å²) in [5.74, 6) is 0.809. The van der Waals surface area contributed by atoms with Crippen molar-refractivity contribution in [3.63, 3.8) is 0 Å². The summed E-state index contributed by atoms with van der Waals surface area (Å²) in [5, 5.41) is 2.80. The molecule has 1 atom stereocenters. The van der Waals surface area contributed by atoms with E-state index in [1.165, 1.54) is 6.92 Å². The Morgan fingerprint density at radius 3 is 2.28 bits per heavy atom. The minimum Gasteiger partial charge on any atom is -0.439 e. The summed E-state index contributed by atoms with van der Waals surface area (Å²) in [5.41, 5.74) is 1.95. The third-order valence-corrected chi connectivity index (χ3v) is 4.14. The van der Waals surface area contributed by atoms with Gasteiger partial charge in [-0.15, -0.1) is 0 Å². The summed E-state index contributed by atoms with van der Waals surface area (Å²) < 4.78 is 11.0. The number of esters is 1. The van der Waals surface area contributed by atoms with Crippen LogP contribution >= 0.6 is 0 Å². The first-order chi connectivity index (χ1) is 14.0. The van der Waals surface area contributed by atoms with E-state index in [-0.39, 0.29) is 12.3 Å². The number of carbonyl (C=O) groups is 2. The summed E-state index contributed by atoms with van der Waals surface area (Å²) in [4.78, 5) is 28.0. The van der Waals surface area contributed by atoms with E-state index in [0.717, 1.165) is 11.1 Å². The van der Waals surface area contributed by atoms with Gasteiger partial charge in [-0.2, -0.15) is 0 Å². The molecule has 1 amide bonds. The highest BCUT2D eigenvalue weighted by atomic mass is 16.5. The molecule has 1 N–H and O–H groups in total. The van der Waals surface area contributed by atoms with Gasteiger partial charge in [0, 0.05) is 19.2 Å². The maximum absolute atomic E-state index is 12.4. The number of pyridine rings is 1. The standard InChI is InChI=1S/C23H22N2O4/c1-16-6-8-18(9-7-16)21(25-17(2)26)15-23(27)29-20-12-10-19(11-13-20)28-22-5-3-4-14-24-22/h3-14,21H,15H2,1-2H3,(H,25,26). The molecule has 2 aromatic carbocycles. The van der Waals surface area contributed by atoms with Crippen LogP contribution in [0.25, 0.3) is 0 Å². The van der Waals surface area contributed by atoms with E-state index in [1.54, 1.807) is 42.6 Å². The van der Waals surface area contributed by atoms with Gasteiger partial charge in [-0.1, -0.05) is 35.9 Å². The van der Waals surface area contributed by atoms with Crippen LogP contribution in [0.3, 0.4) is 0 Å². The number of rotatable bonds is 7. The van der Waals surface area contributed by atoms with E-state index >= 15 is 0 Å². The minimum atomic E-state index is -0.452. The number of amides is 1. The summed E-state index contributed by atoms with van der Waals surface area (Å²) in [6, 6.07) is 19.3. The molecule has 0 fully saturated rings. The van der Waals surface area contributed by atoms with Crippen molar-refractivity contribution in [2.24, 2.45) is 0 Å². The summed E-state index contributed by atoms with van der Waals surface area (Å²) in [6.07, 6.45) is 1.67. The monoisotopic (exact) mass is 390 g/mol. The largest absolute Gasteiger partial charge is 0.439 e. The van der Waals surface area contributed by atoms with Gasteiger partial charge in [0.25, 0.3) is 0 Å². The molecule has 3 rings (SSSR count). The molecule has 0 saturated carbocycles. The van der Waals surface area contributed by atoms with Gasteiger partial charge >= 0.3 is 5.97 Å². The average molecular weight is 390 g/mol. The van der Waals surface area contributed by atoms with Crippen LogP contribution < -0.4 is 14.8 Å². The second-order valence-corrected chi connectivity index (χ2v) is 6.58. The second-order valence-electron chi connectivity index (χ2n) is 6.58. The fraction of sp³-hybridized carbons (Fsp3) is 0.174. The van der Waals surface area contributed by atoms with Crippen LogP contribution in [0.15, 0.2) is 72.9 Å². The van der Waals surface area contributed by atoms with Gasteiger partial charge in [-0.25, -0.2) is 4.98 Å². The van der Waals surface area contributed by atoms with Crippen LogP contribution in [-0.2, 0) is 9.59 Å².